The summed E-state index contributed by atoms with van der Waals surface area (Å²) in [7, 11) is 1.53. The van der Waals surface area contributed by atoms with Crippen molar-refractivity contribution in [1.29, 1.82) is 0 Å². The average molecular weight is 387 g/mol. The van der Waals surface area contributed by atoms with Crippen molar-refractivity contribution < 1.29 is 23.0 Å². The van der Waals surface area contributed by atoms with E-state index < -0.39 is 5.91 Å². The maximum atomic E-state index is 13.2. The zero-order valence-electron chi connectivity index (χ0n) is 15.2. The van der Waals surface area contributed by atoms with E-state index in [9.17, 15) is 13.6 Å². The van der Waals surface area contributed by atoms with Crippen LogP contribution in [-0.2, 0) is 11.3 Å². The lowest BCUT2D eigenvalue weighted by Gasteiger charge is -2.07. The number of hydrogen-bond donors (Lipinski definition) is 1. The van der Waals surface area contributed by atoms with Crippen molar-refractivity contribution in [3.05, 3.63) is 77.6 Å². The van der Waals surface area contributed by atoms with Gasteiger partial charge in [-0.2, -0.15) is 5.10 Å². The Bertz CT molecular complexity index is 925. The van der Waals surface area contributed by atoms with Crippen LogP contribution in [0.3, 0.4) is 0 Å². The second-order valence-electron chi connectivity index (χ2n) is 5.93. The number of nitrogens with one attached hydrogen (secondary N) is 1. The maximum Gasteiger partial charge on any atom is 0.275 e. The minimum Gasteiger partial charge on any atom is -0.485 e. The summed E-state index contributed by atoms with van der Waals surface area (Å²) in [4.78, 5) is 12.5. The molecule has 3 rings (SSSR count). The molecule has 1 aromatic heterocycles. The summed E-state index contributed by atoms with van der Waals surface area (Å²) >= 11 is 0. The SMILES string of the molecule is COCCNC(=O)c1nn(-c2ccc(F)cc2)cc1OCc1ccc(F)cc1. The van der Waals surface area contributed by atoms with Gasteiger partial charge in [0.25, 0.3) is 5.91 Å². The van der Waals surface area contributed by atoms with Gasteiger partial charge in [-0.25, -0.2) is 13.5 Å². The predicted molar refractivity (Wildman–Crippen MR) is 98.5 cm³/mol. The third-order valence-corrected chi connectivity index (χ3v) is 3.89. The normalized spacial score (nSPS) is 10.7. The van der Waals surface area contributed by atoms with E-state index in [1.54, 1.807) is 30.5 Å². The van der Waals surface area contributed by atoms with Gasteiger partial charge in [0.2, 0.25) is 0 Å². The van der Waals surface area contributed by atoms with Crippen molar-refractivity contribution in [2.75, 3.05) is 20.3 Å². The van der Waals surface area contributed by atoms with Gasteiger partial charge in [0.1, 0.15) is 18.2 Å². The molecule has 0 aliphatic heterocycles. The third-order valence-electron chi connectivity index (χ3n) is 3.89. The number of ether oxygens (including phenoxy) is 2. The Hall–Kier alpha value is -3.26. The monoisotopic (exact) mass is 387 g/mol. The molecular weight excluding hydrogens is 368 g/mol. The molecular formula is C20H19F2N3O3. The van der Waals surface area contributed by atoms with Crippen LogP contribution in [0, 0.1) is 11.6 Å². The summed E-state index contributed by atoms with van der Waals surface area (Å²) < 4.78 is 38.3. The van der Waals surface area contributed by atoms with E-state index in [-0.39, 0.29) is 29.7 Å². The Morgan fingerprint density at radius 1 is 1.07 bits per heavy atom. The zero-order chi connectivity index (χ0) is 19.9. The molecule has 0 atom stereocenters. The van der Waals surface area contributed by atoms with Gasteiger partial charge in [0.15, 0.2) is 11.4 Å². The first-order valence-electron chi connectivity index (χ1n) is 8.57. The third kappa shape index (κ3) is 4.92. The number of carbonyl (C=O) groups is 1. The molecule has 0 bridgehead atoms. The van der Waals surface area contributed by atoms with Gasteiger partial charge in [0.05, 0.1) is 18.5 Å². The molecule has 0 aliphatic carbocycles. The van der Waals surface area contributed by atoms with E-state index >= 15 is 0 Å². The Morgan fingerprint density at radius 3 is 2.36 bits per heavy atom. The Morgan fingerprint density at radius 2 is 1.71 bits per heavy atom. The Kier molecular flexibility index (Phi) is 6.33. The minimum atomic E-state index is -0.424. The molecule has 0 fully saturated rings. The molecule has 0 saturated carbocycles. The second-order valence-corrected chi connectivity index (χ2v) is 5.93. The van der Waals surface area contributed by atoms with E-state index in [0.29, 0.717) is 18.8 Å². The highest BCUT2D eigenvalue weighted by Gasteiger charge is 2.19. The molecule has 28 heavy (non-hydrogen) atoms. The van der Waals surface area contributed by atoms with Crippen molar-refractivity contribution in [2.45, 2.75) is 6.61 Å². The molecule has 146 valence electrons. The molecule has 0 radical (unpaired) electrons. The lowest BCUT2D eigenvalue weighted by molar-refractivity contribution is 0.0927. The Balaban J connectivity index is 1.83. The highest BCUT2D eigenvalue weighted by atomic mass is 19.1. The van der Waals surface area contributed by atoms with Crippen LogP contribution >= 0.6 is 0 Å². The van der Waals surface area contributed by atoms with E-state index in [0.717, 1.165) is 5.56 Å². The number of rotatable bonds is 8. The van der Waals surface area contributed by atoms with Gasteiger partial charge in [-0.15, -0.1) is 0 Å². The van der Waals surface area contributed by atoms with Gasteiger partial charge in [-0.05, 0) is 42.0 Å². The highest BCUT2D eigenvalue weighted by Crippen LogP contribution is 2.21. The number of aromatic nitrogens is 2. The molecule has 0 spiro atoms. The molecule has 2 aromatic carbocycles. The van der Waals surface area contributed by atoms with Crippen LogP contribution in [0.2, 0.25) is 0 Å². The molecule has 1 heterocycles. The Labute approximate surface area is 160 Å². The number of nitrogens with zero attached hydrogens (tertiary/aromatic N) is 2. The van der Waals surface area contributed by atoms with Crippen LogP contribution < -0.4 is 10.1 Å². The van der Waals surface area contributed by atoms with E-state index in [4.69, 9.17) is 9.47 Å². The number of amides is 1. The van der Waals surface area contributed by atoms with Gasteiger partial charge in [-0.3, -0.25) is 4.79 Å². The van der Waals surface area contributed by atoms with Crippen LogP contribution in [-0.4, -0.2) is 35.9 Å². The predicted octanol–water partition coefficient (Wildman–Crippen LogP) is 3.11. The fourth-order valence-corrected chi connectivity index (χ4v) is 2.44. The first-order valence-corrected chi connectivity index (χ1v) is 8.57. The number of benzene rings is 2. The van der Waals surface area contributed by atoms with Crippen molar-refractivity contribution in [3.8, 4) is 11.4 Å². The van der Waals surface area contributed by atoms with Crippen LogP contribution in [0.25, 0.3) is 5.69 Å². The fourth-order valence-electron chi connectivity index (χ4n) is 2.44. The molecule has 1 N–H and O–H groups in total. The van der Waals surface area contributed by atoms with Crippen molar-refractivity contribution in [2.24, 2.45) is 0 Å². The van der Waals surface area contributed by atoms with Crippen molar-refractivity contribution in [1.82, 2.24) is 15.1 Å². The maximum absolute atomic E-state index is 13.2. The summed E-state index contributed by atoms with van der Waals surface area (Å²) in [6.07, 6.45) is 1.54. The highest BCUT2D eigenvalue weighted by molar-refractivity contribution is 5.94. The number of methoxy groups -OCH3 is 1. The van der Waals surface area contributed by atoms with Crippen LogP contribution in [0.4, 0.5) is 8.78 Å². The minimum absolute atomic E-state index is 0.0857. The lowest BCUT2D eigenvalue weighted by Crippen LogP contribution is -2.27. The summed E-state index contributed by atoms with van der Waals surface area (Å²) in [6.45, 7) is 0.806. The quantitative estimate of drug-likeness (QED) is 0.603. The largest absolute Gasteiger partial charge is 0.485 e. The van der Waals surface area contributed by atoms with E-state index in [1.807, 2.05) is 0 Å². The van der Waals surface area contributed by atoms with Crippen LogP contribution in [0.1, 0.15) is 16.1 Å². The van der Waals surface area contributed by atoms with Gasteiger partial charge in [-0.1, -0.05) is 12.1 Å². The summed E-state index contributed by atoms with van der Waals surface area (Å²) in [6, 6.07) is 11.5. The lowest BCUT2D eigenvalue weighted by atomic mass is 10.2. The van der Waals surface area contributed by atoms with Crippen molar-refractivity contribution >= 4 is 5.91 Å². The van der Waals surface area contributed by atoms with E-state index in [2.05, 4.69) is 10.4 Å². The summed E-state index contributed by atoms with van der Waals surface area (Å²) in [5.74, 6) is -0.886. The smallest absolute Gasteiger partial charge is 0.275 e. The summed E-state index contributed by atoms with van der Waals surface area (Å²) in [5, 5.41) is 6.96. The number of hydrogen-bond acceptors (Lipinski definition) is 4. The first kappa shape index (κ1) is 19.5. The number of halogens is 2. The van der Waals surface area contributed by atoms with Gasteiger partial charge < -0.3 is 14.8 Å². The second kappa shape index (κ2) is 9.09. The zero-order valence-corrected chi connectivity index (χ0v) is 15.2. The molecule has 1 amide bonds. The molecule has 3 aromatic rings. The molecule has 0 aliphatic rings. The standard InChI is InChI=1S/C20H19F2N3O3/c1-27-11-10-23-20(26)19-18(28-13-14-2-4-15(21)5-3-14)12-25(24-19)17-8-6-16(22)7-9-17/h2-9,12H,10-11,13H2,1H3,(H,23,26). The van der Waals surface area contributed by atoms with Crippen molar-refractivity contribution in [3.63, 3.8) is 0 Å². The van der Waals surface area contributed by atoms with E-state index in [1.165, 1.54) is 36.1 Å². The molecule has 6 nitrogen and oxygen atoms in total. The fraction of sp³-hybridized carbons (Fsp3) is 0.200. The van der Waals surface area contributed by atoms with Crippen LogP contribution in [0.5, 0.6) is 5.75 Å². The summed E-state index contributed by atoms with van der Waals surface area (Å²) in [5.41, 5.74) is 1.40. The first-order chi connectivity index (χ1) is 13.6. The van der Waals surface area contributed by atoms with Crippen LogP contribution in [0.15, 0.2) is 54.7 Å². The van der Waals surface area contributed by atoms with Gasteiger partial charge >= 0.3 is 0 Å². The topological polar surface area (TPSA) is 65.4 Å². The average Bonchev–Trinajstić information content (AvgIpc) is 3.12. The number of carbonyl (C=O) groups excluding carboxylic acids is 1. The molecule has 8 heteroatoms. The molecule has 0 unspecified atom stereocenters. The molecule has 0 saturated heterocycles. The van der Waals surface area contributed by atoms with Gasteiger partial charge in [0, 0.05) is 13.7 Å².